The second kappa shape index (κ2) is 4.75. The molecule has 0 bridgehead atoms. The Kier molecular flexibility index (Phi) is 4.14. The van der Waals surface area contributed by atoms with E-state index in [-0.39, 0.29) is 0 Å². The molecule has 0 saturated carbocycles. The van der Waals surface area contributed by atoms with Crippen molar-refractivity contribution < 1.29 is 4.79 Å². The lowest BCUT2D eigenvalue weighted by atomic mass is 10.1. The molecule has 0 heterocycles. The van der Waals surface area contributed by atoms with Gasteiger partial charge in [0.2, 0.25) is 9.45 Å². The molecule has 5 heteroatoms. The second-order valence-corrected chi connectivity index (χ2v) is 5.80. The van der Waals surface area contributed by atoms with Crippen LogP contribution in [0.2, 0.25) is 0 Å². The summed E-state index contributed by atoms with van der Waals surface area (Å²) in [6.07, 6.45) is 0. The van der Waals surface area contributed by atoms with Crippen LogP contribution in [0.1, 0.15) is 15.9 Å². The summed E-state index contributed by atoms with van der Waals surface area (Å²) in [4.78, 5) is 11.7. The van der Waals surface area contributed by atoms with Crippen molar-refractivity contribution in [2.75, 3.05) is 0 Å². The van der Waals surface area contributed by atoms with Gasteiger partial charge in [-0.05, 0) is 34.6 Å². The quantitative estimate of drug-likeness (QED) is 0.604. The normalized spacial score (nSPS) is 11.4. The van der Waals surface area contributed by atoms with Crippen molar-refractivity contribution in [2.45, 2.75) is 10.6 Å². The molecule has 1 nitrogen and oxygen atoms in total. The van der Waals surface area contributed by atoms with Crippen LogP contribution < -0.4 is 0 Å². The summed E-state index contributed by atoms with van der Waals surface area (Å²) in [6, 6.07) is 7.02. The van der Waals surface area contributed by atoms with Gasteiger partial charge in [0, 0.05) is 5.56 Å². The minimum atomic E-state index is -1.62. The lowest BCUT2D eigenvalue weighted by molar-refractivity contribution is 0.0998. The van der Waals surface area contributed by atoms with Crippen LogP contribution in [0.15, 0.2) is 24.3 Å². The van der Waals surface area contributed by atoms with Crippen molar-refractivity contribution in [2.24, 2.45) is 0 Å². The molecule has 0 N–H and O–H groups in total. The zero-order valence-corrected chi connectivity index (χ0v) is 10.3. The highest BCUT2D eigenvalue weighted by atomic mass is 35.7. The molecule has 0 fully saturated rings. The first-order chi connectivity index (χ1) is 6.47. The molecule has 0 radical (unpaired) electrons. The van der Waals surface area contributed by atoms with E-state index < -0.39 is 9.45 Å². The van der Waals surface area contributed by atoms with Crippen LogP contribution in [0.4, 0.5) is 0 Å². The van der Waals surface area contributed by atoms with E-state index in [1.165, 1.54) is 0 Å². The standard InChI is InChI=1S/C9H7Cl3OS/c1-6-3-2-4-7(5-6)8(13)9(10,11)14-12/h2-5H,1H3. The summed E-state index contributed by atoms with van der Waals surface area (Å²) in [6.45, 7) is 1.88. The molecule has 0 aromatic heterocycles. The third kappa shape index (κ3) is 2.80. The SMILES string of the molecule is Cc1cccc(C(=O)C(Cl)(Cl)SCl)c1. The van der Waals surface area contributed by atoms with Gasteiger partial charge in [0.05, 0.1) is 0 Å². The van der Waals surface area contributed by atoms with Gasteiger partial charge >= 0.3 is 0 Å². The van der Waals surface area contributed by atoms with Gasteiger partial charge in [0.15, 0.2) is 0 Å². The molecule has 14 heavy (non-hydrogen) atoms. The number of aryl methyl sites for hydroxylation is 1. The van der Waals surface area contributed by atoms with Crippen molar-refractivity contribution in [3.63, 3.8) is 0 Å². The van der Waals surface area contributed by atoms with Crippen LogP contribution in [0, 0.1) is 6.92 Å². The molecular formula is C9H7Cl3OS. The Bertz CT molecular complexity index is 352. The van der Waals surface area contributed by atoms with Gasteiger partial charge in [-0.3, -0.25) is 4.79 Å². The average Bonchev–Trinajstić information content (AvgIpc) is 2.16. The zero-order chi connectivity index (χ0) is 10.8. The molecule has 1 aromatic rings. The van der Waals surface area contributed by atoms with E-state index in [0.717, 1.165) is 5.56 Å². The third-order valence-corrected chi connectivity index (χ3v) is 4.00. The van der Waals surface area contributed by atoms with Gasteiger partial charge < -0.3 is 0 Å². The maximum Gasteiger partial charge on any atom is 0.239 e. The molecule has 0 amide bonds. The maximum atomic E-state index is 11.7. The fraction of sp³-hybridized carbons (Fsp3) is 0.222. The smallest absolute Gasteiger partial charge is 0.239 e. The van der Waals surface area contributed by atoms with Gasteiger partial charge in [-0.2, -0.15) is 0 Å². The summed E-state index contributed by atoms with van der Waals surface area (Å²) in [5.41, 5.74) is 1.43. The highest BCUT2D eigenvalue weighted by Crippen LogP contribution is 2.40. The predicted molar refractivity (Wildman–Crippen MR) is 63.4 cm³/mol. The first kappa shape index (κ1) is 12.2. The topological polar surface area (TPSA) is 17.1 Å². The summed E-state index contributed by atoms with van der Waals surface area (Å²) >= 11 is 11.4. The number of rotatable bonds is 3. The minimum Gasteiger partial charge on any atom is -0.290 e. The molecule has 0 atom stereocenters. The number of benzene rings is 1. The number of Topliss-reactive ketones (excluding diaryl/α,β-unsaturated/α-hetero) is 1. The molecule has 0 aliphatic heterocycles. The van der Waals surface area contributed by atoms with Crippen molar-refractivity contribution in [1.29, 1.82) is 0 Å². The number of carbonyl (C=O) groups excluding carboxylic acids is 1. The van der Waals surface area contributed by atoms with Crippen molar-refractivity contribution in [3.05, 3.63) is 35.4 Å². The Morgan fingerprint density at radius 3 is 2.57 bits per heavy atom. The van der Waals surface area contributed by atoms with Crippen molar-refractivity contribution >= 4 is 50.6 Å². The largest absolute Gasteiger partial charge is 0.290 e. The molecule has 0 unspecified atom stereocenters. The van der Waals surface area contributed by atoms with Gasteiger partial charge in [0.25, 0.3) is 0 Å². The van der Waals surface area contributed by atoms with Crippen LogP contribution in [0.5, 0.6) is 0 Å². The molecular weight excluding hydrogens is 263 g/mol. The van der Waals surface area contributed by atoms with E-state index in [4.69, 9.17) is 33.9 Å². The summed E-state index contributed by atoms with van der Waals surface area (Å²) in [5.74, 6) is -0.399. The number of alkyl halides is 2. The lowest BCUT2D eigenvalue weighted by Crippen LogP contribution is -2.20. The summed E-state index contributed by atoms with van der Waals surface area (Å²) in [5, 5.41) is 0. The third-order valence-electron chi connectivity index (χ3n) is 1.64. The summed E-state index contributed by atoms with van der Waals surface area (Å²) < 4.78 is -1.62. The van der Waals surface area contributed by atoms with Crippen LogP contribution in [0.3, 0.4) is 0 Å². The Morgan fingerprint density at radius 1 is 1.43 bits per heavy atom. The van der Waals surface area contributed by atoms with E-state index >= 15 is 0 Å². The monoisotopic (exact) mass is 268 g/mol. The van der Waals surface area contributed by atoms with Crippen LogP contribution in [0.25, 0.3) is 0 Å². The molecule has 1 aromatic carbocycles. The molecule has 0 saturated heterocycles. The highest BCUT2D eigenvalue weighted by Gasteiger charge is 2.34. The minimum absolute atomic E-state index is 0.399. The lowest BCUT2D eigenvalue weighted by Gasteiger charge is -2.13. The van der Waals surface area contributed by atoms with E-state index in [0.29, 0.717) is 16.5 Å². The Hall–Kier alpha value is 0.110. The molecule has 0 spiro atoms. The van der Waals surface area contributed by atoms with E-state index in [2.05, 4.69) is 0 Å². The number of halogens is 3. The maximum absolute atomic E-state index is 11.7. The van der Waals surface area contributed by atoms with Crippen LogP contribution in [-0.2, 0) is 0 Å². The fourth-order valence-corrected chi connectivity index (χ4v) is 1.61. The van der Waals surface area contributed by atoms with Gasteiger partial charge in [-0.25, -0.2) is 0 Å². The first-order valence-electron chi connectivity index (χ1n) is 3.76. The molecule has 0 aliphatic rings. The Labute approximate surface area is 101 Å². The predicted octanol–water partition coefficient (Wildman–Crippen LogP) is 4.20. The Morgan fingerprint density at radius 2 is 2.07 bits per heavy atom. The number of carbonyl (C=O) groups is 1. The molecule has 1 rings (SSSR count). The van der Waals surface area contributed by atoms with E-state index in [1.807, 2.05) is 13.0 Å². The summed E-state index contributed by atoms with van der Waals surface area (Å²) in [7, 11) is 6.00. The second-order valence-electron chi connectivity index (χ2n) is 2.79. The number of hydrogen-bond acceptors (Lipinski definition) is 2. The zero-order valence-electron chi connectivity index (χ0n) is 7.26. The number of ketones is 1. The van der Waals surface area contributed by atoms with Gasteiger partial charge in [-0.1, -0.05) is 47.0 Å². The van der Waals surface area contributed by atoms with Crippen LogP contribution in [-0.4, -0.2) is 9.45 Å². The van der Waals surface area contributed by atoms with Crippen LogP contribution >= 0.6 is 44.9 Å². The first-order valence-corrected chi connectivity index (χ1v) is 6.16. The fourth-order valence-electron chi connectivity index (χ4n) is 0.989. The van der Waals surface area contributed by atoms with Crippen molar-refractivity contribution in [3.8, 4) is 0 Å². The molecule has 76 valence electrons. The van der Waals surface area contributed by atoms with E-state index in [9.17, 15) is 4.79 Å². The van der Waals surface area contributed by atoms with Gasteiger partial charge in [0.1, 0.15) is 0 Å². The van der Waals surface area contributed by atoms with E-state index in [1.54, 1.807) is 18.2 Å². The molecule has 0 aliphatic carbocycles. The van der Waals surface area contributed by atoms with Gasteiger partial charge in [-0.15, -0.1) is 0 Å². The Balaban J connectivity index is 3.01. The van der Waals surface area contributed by atoms with Crippen molar-refractivity contribution in [1.82, 2.24) is 0 Å². The number of hydrogen-bond donors (Lipinski definition) is 0. The average molecular weight is 270 g/mol. The highest BCUT2D eigenvalue weighted by molar-refractivity contribution is 8.24.